The Kier molecular flexibility index (Phi) is 3.47. The van der Waals surface area contributed by atoms with E-state index in [0.717, 1.165) is 12.8 Å². The quantitative estimate of drug-likeness (QED) is 0.637. The summed E-state index contributed by atoms with van der Waals surface area (Å²) in [5, 5.41) is 10.9. The second-order valence-electron chi connectivity index (χ2n) is 3.13. The van der Waals surface area contributed by atoms with Gasteiger partial charge in [0, 0.05) is 0 Å². The Balaban J connectivity index is 2.33. The molecule has 0 aliphatic heterocycles. The van der Waals surface area contributed by atoms with E-state index >= 15 is 0 Å². The standard InChI is InChI=1S/C8H14FNO2/c9-6-3-1-2-4-7(6)10-8(12)5-11/h6-7,11H,1-5H2,(H,10,12)/t6-,7-/m1/s1. The van der Waals surface area contributed by atoms with E-state index in [1.54, 1.807) is 0 Å². The summed E-state index contributed by atoms with van der Waals surface area (Å²) < 4.78 is 13.0. The van der Waals surface area contributed by atoms with Crippen molar-refractivity contribution >= 4 is 5.91 Å². The summed E-state index contributed by atoms with van der Waals surface area (Å²) in [5.41, 5.74) is 0. The Morgan fingerprint density at radius 3 is 2.75 bits per heavy atom. The molecule has 0 saturated heterocycles. The van der Waals surface area contributed by atoms with E-state index in [2.05, 4.69) is 5.32 Å². The fourth-order valence-corrected chi connectivity index (χ4v) is 1.50. The van der Waals surface area contributed by atoms with Crippen LogP contribution in [0.2, 0.25) is 0 Å². The minimum absolute atomic E-state index is 0.376. The molecule has 1 aliphatic rings. The Labute approximate surface area is 71.0 Å². The van der Waals surface area contributed by atoms with Gasteiger partial charge in [-0.1, -0.05) is 12.8 Å². The van der Waals surface area contributed by atoms with Crippen LogP contribution in [0.4, 0.5) is 4.39 Å². The van der Waals surface area contributed by atoms with E-state index in [9.17, 15) is 9.18 Å². The van der Waals surface area contributed by atoms with Gasteiger partial charge in [0.25, 0.3) is 0 Å². The minimum Gasteiger partial charge on any atom is -0.387 e. The number of aliphatic hydroxyl groups excluding tert-OH is 1. The first-order valence-corrected chi connectivity index (χ1v) is 4.28. The molecule has 2 atom stereocenters. The minimum atomic E-state index is -0.936. The molecule has 70 valence electrons. The molecule has 0 spiro atoms. The third kappa shape index (κ3) is 2.44. The molecule has 1 amide bonds. The molecule has 0 aromatic carbocycles. The maximum absolute atomic E-state index is 13.0. The molecule has 3 nitrogen and oxygen atoms in total. The van der Waals surface area contributed by atoms with Crippen molar-refractivity contribution in [2.24, 2.45) is 0 Å². The lowest BCUT2D eigenvalue weighted by molar-refractivity contribution is -0.125. The number of alkyl halides is 1. The molecular weight excluding hydrogens is 161 g/mol. The summed E-state index contributed by atoms with van der Waals surface area (Å²) >= 11 is 0. The highest BCUT2D eigenvalue weighted by molar-refractivity contribution is 5.77. The average molecular weight is 175 g/mol. The van der Waals surface area contributed by atoms with E-state index in [4.69, 9.17) is 5.11 Å². The predicted molar refractivity (Wildman–Crippen MR) is 42.4 cm³/mol. The molecule has 1 rings (SSSR count). The summed E-state index contributed by atoms with van der Waals surface area (Å²) in [6, 6.07) is -0.376. The fourth-order valence-electron chi connectivity index (χ4n) is 1.50. The number of aliphatic hydroxyl groups is 1. The van der Waals surface area contributed by atoms with Crippen LogP contribution < -0.4 is 5.32 Å². The van der Waals surface area contributed by atoms with Crippen molar-refractivity contribution in [2.45, 2.75) is 37.9 Å². The summed E-state index contributed by atoms with van der Waals surface area (Å²) in [6.07, 6.45) is 2.13. The first kappa shape index (κ1) is 9.45. The smallest absolute Gasteiger partial charge is 0.246 e. The number of hydrogen-bond acceptors (Lipinski definition) is 2. The van der Waals surface area contributed by atoms with Crippen LogP contribution in [0.3, 0.4) is 0 Å². The van der Waals surface area contributed by atoms with Gasteiger partial charge in [0.1, 0.15) is 12.8 Å². The Hall–Kier alpha value is -0.640. The van der Waals surface area contributed by atoms with Crippen molar-refractivity contribution in [3.05, 3.63) is 0 Å². The summed E-state index contributed by atoms with van der Waals surface area (Å²) in [7, 11) is 0. The topological polar surface area (TPSA) is 49.3 Å². The van der Waals surface area contributed by atoms with E-state index in [1.165, 1.54) is 0 Å². The van der Waals surface area contributed by atoms with Gasteiger partial charge in [-0.05, 0) is 12.8 Å². The summed E-state index contributed by atoms with van der Waals surface area (Å²) in [6.45, 7) is -0.552. The van der Waals surface area contributed by atoms with Crippen molar-refractivity contribution in [2.75, 3.05) is 6.61 Å². The van der Waals surface area contributed by atoms with Gasteiger partial charge in [0.2, 0.25) is 5.91 Å². The van der Waals surface area contributed by atoms with Gasteiger partial charge < -0.3 is 10.4 Å². The molecule has 12 heavy (non-hydrogen) atoms. The normalized spacial score (nSPS) is 29.8. The van der Waals surface area contributed by atoms with Crippen LogP contribution >= 0.6 is 0 Å². The van der Waals surface area contributed by atoms with Crippen molar-refractivity contribution in [1.82, 2.24) is 5.32 Å². The first-order valence-electron chi connectivity index (χ1n) is 4.28. The van der Waals surface area contributed by atoms with Gasteiger partial charge in [-0.3, -0.25) is 4.79 Å². The van der Waals surface area contributed by atoms with Gasteiger partial charge >= 0.3 is 0 Å². The number of nitrogens with one attached hydrogen (secondary N) is 1. The highest BCUT2D eigenvalue weighted by Crippen LogP contribution is 2.20. The maximum Gasteiger partial charge on any atom is 0.246 e. The van der Waals surface area contributed by atoms with Crippen LogP contribution in [-0.4, -0.2) is 29.8 Å². The number of rotatable bonds is 2. The number of hydrogen-bond donors (Lipinski definition) is 2. The van der Waals surface area contributed by atoms with Crippen molar-refractivity contribution < 1.29 is 14.3 Å². The third-order valence-corrected chi connectivity index (χ3v) is 2.17. The predicted octanol–water partition coefficient (Wildman–Crippen LogP) is 0.376. The molecule has 0 heterocycles. The Morgan fingerprint density at radius 1 is 1.50 bits per heavy atom. The van der Waals surface area contributed by atoms with Crippen LogP contribution in [0.5, 0.6) is 0 Å². The first-order chi connectivity index (χ1) is 5.74. The van der Waals surface area contributed by atoms with Crippen molar-refractivity contribution in [3.63, 3.8) is 0 Å². The van der Waals surface area contributed by atoms with Crippen molar-refractivity contribution in [3.8, 4) is 0 Å². The Bertz CT molecular complexity index is 163. The van der Waals surface area contributed by atoms with E-state index in [-0.39, 0.29) is 6.04 Å². The van der Waals surface area contributed by atoms with Crippen LogP contribution in [0, 0.1) is 0 Å². The molecule has 4 heteroatoms. The van der Waals surface area contributed by atoms with Crippen LogP contribution in [0.15, 0.2) is 0 Å². The maximum atomic E-state index is 13.0. The second kappa shape index (κ2) is 4.40. The summed E-state index contributed by atoms with van der Waals surface area (Å²) in [5.74, 6) is -0.482. The third-order valence-electron chi connectivity index (χ3n) is 2.17. The number of carbonyl (C=O) groups is 1. The molecule has 0 unspecified atom stereocenters. The fraction of sp³-hybridized carbons (Fsp3) is 0.875. The van der Waals surface area contributed by atoms with Gasteiger partial charge in [0.05, 0.1) is 6.04 Å². The Morgan fingerprint density at radius 2 is 2.17 bits per heavy atom. The van der Waals surface area contributed by atoms with Gasteiger partial charge in [-0.2, -0.15) is 0 Å². The SMILES string of the molecule is O=C(CO)N[C@@H]1CCCC[C@H]1F. The van der Waals surface area contributed by atoms with Gasteiger partial charge in [0.15, 0.2) is 0 Å². The molecule has 1 aliphatic carbocycles. The highest BCUT2D eigenvalue weighted by Gasteiger charge is 2.25. The lowest BCUT2D eigenvalue weighted by Gasteiger charge is -2.26. The summed E-state index contributed by atoms with van der Waals surface area (Å²) in [4.78, 5) is 10.7. The monoisotopic (exact) mass is 175 g/mol. The van der Waals surface area contributed by atoms with Crippen LogP contribution in [-0.2, 0) is 4.79 Å². The van der Waals surface area contributed by atoms with E-state index in [0.29, 0.717) is 12.8 Å². The average Bonchev–Trinajstić information content (AvgIpc) is 2.09. The van der Waals surface area contributed by atoms with Crippen LogP contribution in [0.25, 0.3) is 0 Å². The number of halogens is 1. The molecule has 0 aromatic rings. The molecule has 1 fully saturated rings. The molecule has 2 N–H and O–H groups in total. The molecule has 0 radical (unpaired) electrons. The highest BCUT2D eigenvalue weighted by atomic mass is 19.1. The van der Waals surface area contributed by atoms with Gasteiger partial charge in [-0.15, -0.1) is 0 Å². The molecular formula is C8H14FNO2. The number of amides is 1. The molecule has 1 saturated carbocycles. The largest absolute Gasteiger partial charge is 0.387 e. The van der Waals surface area contributed by atoms with Crippen LogP contribution in [0.1, 0.15) is 25.7 Å². The molecule has 0 aromatic heterocycles. The van der Waals surface area contributed by atoms with E-state index < -0.39 is 18.7 Å². The zero-order chi connectivity index (χ0) is 8.97. The van der Waals surface area contributed by atoms with Crippen molar-refractivity contribution in [1.29, 1.82) is 0 Å². The van der Waals surface area contributed by atoms with E-state index in [1.807, 2.05) is 0 Å². The zero-order valence-electron chi connectivity index (χ0n) is 6.92. The zero-order valence-corrected chi connectivity index (χ0v) is 6.92. The second-order valence-corrected chi connectivity index (χ2v) is 3.13. The lowest BCUT2D eigenvalue weighted by atomic mass is 9.94. The lowest BCUT2D eigenvalue weighted by Crippen LogP contribution is -2.44. The van der Waals surface area contributed by atoms with Gasteiger partial charge in [-0.25, -0.2) is 4.39 Å². The molecule has 0 bridgehead atoms. The number of carbonyl (C=O) groups excluding carboxylic acids is 1.